The summed E-state index contributed by atoms with van der Waals surface area (Å²) in [4.78, 5) is 0. The van der Waals surface area contributed by atoms with E-state index in [0.29, 0.717) is 18.2 Å². The Kier molecular flexibility index (Phi) is 3.52. The van der Waals surface area contributed by atoms with E-state index in [1.165, 1.54) is 0 Å². The van der Waals surface area contributed by atoms with Crippen molar-refractivity contribution in [3.63, 3.8) is 0 Å². The third kappa shape index (κ3) is 3.15. The molecule has 0 fully saturated rings. The molecule has 1 aromatic heterocycles. The number of anilines is 3. The van der Waals surface area contributed by atoms with Crippen molar-refractivity contribution in [1.82, 2.24) is 10.2 Å². The molecule has 5 nitrogen and oxygen atoms in total. The monoisotopic (exact) mass is 230 g/mol. The number of nitrogens with two attached hydrogens (primary N) is 1. The first-order chi connectivity index (χ1) is 8.28. The van der Waals surface area contributed by atoms with Gasteiger partial charge in [0.2, 0.25) is 0 Å². The molecule has 0 spiro atoms. The van der Waals surface area contributed by atoms with Crippen molar-refractivity contribution in [2.24, 2.45) is 0 Å². The minimum Gasteiger partial charge on any atom is -0.382 e. The summed E-state index contributed by atoms with van der Waals surface area (Å²) in [5.41, 5.74) is 7.51. The van der Waals surface area contributed by atoms with Crippen LogP contribution < -0.4 is 11.1 Å². The molecule has 0 atom stereocenters. The van der Waals surface area contributed by atoms with Gasteiger partial charge in [0.25, 0.3) is 0 Å². The summed E-state index contributed by atoms with van der Waals surface area (Å²) in [5.74, 6) is 1.07. The minimum absolute atomic E-state index is 0.406. The summed E-state index contributed by atoms with van der Waals surface area (Å²) in [6, 6.07) is 11.4. The summed E-state index contributed by atoms with van der Waals surface area (Å²) in [6.45, 7) is 0.586. The van der Waals surface area contributed by atoms with Gasteiger partial charge in [-0.15, -0.1) is 10.2 Å². The van der Waals surface area contributed by atoms with E-state index in [1.807, 2.05) is 24.3 Å². The second-order valence-electron chi connectivity index (χ2n) is 3.60. The lowest BCUT2D eigenvalue weighted by atomic mass is 10.2. The first-order valence-electron chi connectivity index (χ1n) is 5.22. The predicted molar refractivity (Wildman–Crippen MR) is 66.9 cm³/mol. The number of hydrogen-bond donors (Lipinski definition) is 2. The molecule has 0 bridgehead atoms. The number of rotatable bonds is 4. The van der Waals surface area contributed by atoms with Gasteiger partial charge in [0.15, 0.2) is 5.82 Å². The van der Waals surface area contributed by atoms with Crippen molar-refractivity contribution in [3.8, 4) is 0 Å². The van der Waals surface area contributed by atoms with Crippen LogP contribution in [0.5, 0.6) is 0 Å². The first kappa shape index (κ1) is 11.3. The molecule has 5 heteroatoms. The molecule has 0 aliphatic carbocycles. The molecule has 1 aromatic carbocycles. The normalized spacial score (nSPS) is 10.2. The van der Waals surface area contributed by atoms with Crippen LogP contribution in [0.3, 0.4) is 0 Å². The summed E-state index contributed by atoms with van der Waals surface area (Å²) in [5, 5.41) is 10.9. The number of ether oxygens (including phenoxy) is 1. The zero-order valence-electron chi connectivity index (χ0n) is 9.55. The van der Waals surface area contributed by atoms with E-state index >= 15 is 0 Å². The summed E-state index contributed by atoms with van der Waals surface area (Å²) in [7, 11) is 1.67. The Morgan fingerprint density at radius 3 is 2.82 bits per heavy atom. The number of benzene rings is 1. The third-order valence-electron chi connectivity index (χ3n) is 2.20. The standard InChI is InChI=1S/C12H14N4O/c1-17-8-9-3-2-4-10(7-9)14-12-6-5-11(13)15-16-12/h2-7H,8H2,1H3,(H2,13,15)(H,14,16). The van der Waals surface area contributed by atoms with Crippen LogP contribution in [0.15, 0.2) is 36.4 Å². The molecule has 1 heterocycles. The average molecular weight is 230 g/mol. The van der Waals surface area contributed by atoms with Gasteiger partial charge < -0.3 is 15.8 Å². The Hall–Kier alpha value is -2.14. The highest BCUT2D eigenvalue weighted by Gasteiger charge is 1.98. The van der Waals surface area contributed by atoms with Gasteiger partial charge in [0.1, 0.15) is 5.82 Å². The zero-order chi connectivity index (χ0) is 12.1. The van der Waals surface area contributed by atoms with Crippen LogP contribution in [0.25, 0.3) is 0 Å². The highest BCUT2D eigenvalue weighted by Crippen LogP contribution is 2.16. The van der Waals surface area contributed by atoms with E-state index in [9.17, 15) is 0 Å². The number of nitrogens with zero attached hydrogens (tertiary/aromatic N) is 2. The fourth-order valence-corrected chi connectivity index (χ4v) is 1.46. The lowest BCUT2D eigenvalue weighted by Gasteiger charge is -2.06. The smallest absolute Gasteiger partial charge is 0.153 e. The van der Waals surface area contributed by atoms with Gasteiger partial charge in [-0.2, -0.15) is 0 Å². The van der Waals surface area contributed by atoms with E-state index in [0.717, 1.165) is 11.3 Å². The molecule has 0 amide bonds. The molecule has 2 aromatic rings. The predicted octanol–water partition coefficient (Wildman–Crippen LogP) is 1.95. The number of aromatic nitrogens is 2. The van der Waals surface area contributed by atoms with Crippen molar-refractivity contribution in [2.75, 3.05) is 18.2 Å². The third-order valence-corrected chi connectivity index (χ3v) is 2.20. The van der Waals surface area contributed by atoms with E-state index in [1.54, 1.807) is 19.2 Å². The first-order valence-corrected chi connectivity index (χ1v) is 5.22. The summed E-state index contributed by atoms with van der Waals surface area (Å²) >= 11 is 0. The molecule has 2 rings (SSSR count). The summed E-state index contributed by atoms with van der Waals surface area (Å²) < 4.78 is 5.08. The molecule has 0 radical (unpaired) electrons. The molecule has 0 saturated heterocycles. The molecule has 0 unspecified atom stereocenters. The quantitative estimate of drug-likeness (QED) is 0.839. The topological polar surface area (TPSA) is 73.1 Å². The highest BCUT2D eigenvalue weighted by atomic mass is 16.5. The van der Waals surface area contributed by atoms with Gasteiger partial charge in [-0.1, -0.05) is 12.1 Å². The Bertz CT molecular complexity index is 484. The van der Waals surface area contributed by atoms with Crippen molar-refractivity contribution < 1.29 is 4.74 Å². The van der Waals surface area contributed by atoms with Crippen molar-refractivity contribution in [1.29, 1.82) is 0 Å². The zero-order valence-corrected chi connectivity index (χ0v) is 9.55. The van der Waals surface area contributed by atoms with Crippen LogP contribution in [-0.4, -0.2) is 17.3 Å². The van der Waals surface area contributed by atoms with Crippen molar-refractivity contribution in [2.45, 2.75) is 6.61 Å². The van der Waals surface area contributed by atoms with E-state index < -0.39 is 0 Å². The molecule has 88 valence electrons. The second kappa shape index (κ2) is 5.27. The lowest BCUT2D eigenvalue weighted by Crippen LogP contribution is -1.98. The van der Waals surface area contributed by atoms with Crippen LogP contribution in [0, 0.1) is 0 Å². The van der Waals surface area contributed by atoms with Crippen LogP contribution in [0.1, 0.15) is 5.56 Å². The molecule has 0 aliphatic rings. The van der Waals surface area contributed by atoms with Gasteiger partial charge in [-0.3, -0.25) is 0 Å². The van der Waals surface area contributed by atoms with E-state index in [-0.39, 0.29) is 0 Å². The molecular weight excluding hydrogens is 216 g/mol. The van der Waals surface area contributed by atoms with Crippen molar-refractivity contribution >= 4 is 17.3 Å². The van der Waals surface area contributed by atoms with Gasteiger partial charge in [-0.25, -0.2) is 0 Å². The SMILES string of the molecule is COCc1cccc(Nc2ccc(N)nn2)c1. The highest BCUT2D eigenvalue weighted by molar-refractivity contribution is 5.57. The Morgan fingerprint density at radius 1 is 1.24 bits per heavy atom. The van der Waals surface area contributed by atoms with Crippen LogP contribution >= 0.6 is 0 Å². The Morgan fingerprint density at radius 2 is 2.12 bits per heavy atom. The maximum atomic E-state index is 5.47. The van der Waals surface area contributed by atoms with Gasteiger partial charge >= 0.3 is 0 Å². The largest absolute Gasteiger partial charge is 0.382 e. The number of nitrogens with one attached hydrogen (secondary N) is 1. The lowest BCUT2D eigenvalue weighted by molar-refractivity contribution is 0.185. The van der Waals surface area contributed by atoms with E-state index in [4.69, 9.17) is 10.5 Å². The van der Waals surface area contributed by atoms with Crippen LogP contribution in [0.2, 0.25) is 0 Å². The van der Waals surface area contributed by atoms with Gasteiger partial charge in [0, 0.05) is 12.8 Å². The summed E-state index contributed by atoms with van der Waals surface area (Å²) in [6.07, 6.45) is 0. The molecule has 0 saturated carbocycles. The van der Waals surface area contributed by atoms with Gasteiger partial charge in [-0.05, 0) is 29.8 Å². The number of hydrogen-bond acceptors (Lipinski definition) is 5. The van der Waals surface area contributed by atoms with Crippen LogP contribution in [0.4, 0.5) is 17.3 Å². The molecule has 17 heavy (non-hydrogen) atoms. The van der Waals surface area contributed by atoms with Crippen molar-refractivity contribution in [3.05, 3.63) is 42.0 Å². The molecular formula is C12H14N4O. The molecule has 0 aliphatic heterocycles. The molecule has 3 N–H and O–H groups in total. The van der Waals surface area contributed by atoms with E-state index in [2.05, 4.69) is 15.5 Å². The average Bonchev–Trinajstić information content (AvgIpc) is 2.33. The fourth-order valence-electron chi connectivity index (χ4n) is 1.46. The maximum Gasteiger partial charge on any atom is 0.153 e. The number of nitrogen functional groups attached to an aromatic ring is 1. The Labute approximate surface area is 99.6 Å². The van der Waals surface area contributed by atoms with Crippen LogP contribution in [-0.2, 0) is 11.3 Å². The minimum atomic E-state index is 0.406. The maximum absolute atomic E-state index is 5.47. The number of methoxy groups -OCH3 is 1. The second-order valence-corrected chi connectivity index (χ2v) is 3.60. The fraction of sp³-hybridized carbons (Fsp3) is 0.167. The van der Waals surface area contributed by atoms with Gasteiger partial charge in [0.05, 0.1) is 6.61 Å². The Balaban J connectivity index is 2.12.